The van der Waals surface area contributed by atoms with Crippen LogP contribution in [0.1, 0.15) is 15.9 Å². The number of hydrogen-bond acceptors (Lipinski definition) is 4. The fourth-order valence-corrected chi connectivity index (χ4v) is 1.65. The molecule has 0 aliphatic carbocycles. The molecule has 0 aliphatic rings. The molecule has 4 nitrogen and oxygen atoms in total. The van der Waals surface area contributed by atoms with Crippen molar-refractivity contribution in [2.24, 2.45) is 0 Å². The lowest BCUT2D eigenvalue weighted by Gasteiger charge is -2.08. The number of anilines is 1. The number of ether oxygens (including phenoxy) is 2. The summed E-state index contributed by atoms with van der Waals surface area (Å²) in [7, 11) is 1.32. The molecule has 0 aliphatic heterocycles. The van der Waals surface area contributed by atoms with Crippen molar-refractivity contribution in [3.05, 3.63) is 59.4 Å². The fourth-order valence-electron chi connectivity index (χ4n) is 1.65. The van der Waals surface area contributed by atoms with Crippen LogP contribution in [0, 0.1) is 5.82 Å². The van der Waals surface area contributed by atoms with Crippen molar-refractivity contribution in [1.82, 2.24) is 0 Å². The minimum atomic E-state index is -0.504. The number of methoxy groups -OCH3 is 1. The fraction of sp³-hybridized carbons (Fsp3) is 0.133. The molecular formula is C15H14FNO3. The summed E-state index contributed by atoms with van der Waals surface area (Å²) < 4.78 is 23.5. The van der Waals surface area contributed by atoms with Crippen LogP contribution in [0.5, 0.6) is 5.75 Å². The molecule has 2 rings (SSSR count). The maximum absolute atomic E-state index is 13.5. The topological polar surface area (TPSA) is 61.5 Å². The lowest BCUT2D eigenvalue weighted by atomic mass is 10.1. The van der Waals surface area contributed by atoms with E-state index in [1.165, 1.54) is 19.2 Å². The van der Waals surface area contributed by atoms with Crippen molar-refractivity contribution in [1.29, 1.82) is 0 Å². The lowest BCUT2D eigenvalue weighted by Crippen LogP contribution is -2.02. The van der Waals surface area contributed by atoms with Gasteiger partial charge in [0.1, 0.15) is 6.61 Å². The van der Waals surface area contributed by atoms with Gasteiger partial charge in [-0.2, -0.15) is 0 Å². The van der Waals surface area contributed by atoms with E-state index in [-0.39, 0.29) is 12.4 Å². The van der Waals surface area contributed by atoms with Gasteiger partial charge in [-0.25, -0.2) is 9.18 Å². The van der Waals surface area contributed by atoms with Crippen LogP contribution in [0.3, 0.4) is 0 Å². The molecule has 0 bridgehead atoms. The highest BCUT2D eigenvalue weighted by molar-refractivity contribution is 5.89. The van der Waals surface area contributed by atoms with Crippen LogP contribution in [0.15, 0.2) is 42.5 Å². The van der Waals surface area contributed by atoms with E-state index in [0.29, 0.717) is 11.3 Å². The molecular weight excluding hydrogens is 261 g/mol. The number of esters is 1. The summed E-state index contributed by atoms with van der Waals surface area (Å²) in [6, 6.07) is 11.0. The molecule has 0 radical (unpaired) electrons. The summed E-state index contributed by atoms with van der Waals surface area (Å²) in [5.74, 6) is -0.769. The van der Waals surface area contributed by atoms with Crippen LogP contribution in [-0.4, -0.2) is 13.1 Å². The Bertz CT molecular complexity index is 611. The first-order chi connectivity index (χ1) is 9.60. The van der Waals surface area contributed by atoms with Gasteiger partial charge in [0.2, 0.25) is 0 Å². The highest BCUT2D eigenvalue weighted by Crippen LogP contribution is 2.20. The van der Waals surface area contributed by atoms with Crippen LogP contribution in [0.25, 0.3) is 0 Å². The molecule has 0 heterocycles. The van der Waals surface area contributed by atoms with E-state index in [1.807, 2.05) is 0 Å². The Hall–Kier alpha value is -2.56. The zero-order valence-electron chi connectivity index (χ0n) is 10.9. The van der Waals surface area contributed by atoms with E-state index < -0.39 is 11.8 Å². The number of rotatable bonds is 4. The summed E-state index contributed by atoms with van der Waals surface area (Å²) in [5, 5.41) is 0. The molecule has 0 unspecified atom stereocenters. The zero-order valence-corrected chi connectivity index (χ0v) is 10.9. The first-order valence-electron chi connectivity index (χ1n) is 5.95. The third kappa shape index (κ3) is 3.26. The number of carbonyl (C=O) groups is 1. The molecule has 0 amide bonds. The van der Waals surface area contributed by atoms with E-state index in [4.69, 9.17) is 10.5 Å². The molecule has 0 spiro atoms. The summed E-state index contributed by atoms with van der Waals surface area (Å²) >= 11 is 0. The quantitative estimate of drug-likeness (QED) is 0.688. The number of benzene rings is 2. The lowest BCUT2D eigenvalue weighted by molar-refractivity contribution is 0.0600. The normalized spacial score (nSPS) is 10.1. The molecule has 20 heavy (non-hydrogen) atoms. The van der Waals surface area contributed by atoms with Crippen LogP contribution >= 0.6 is 0 Å². The number of nitrogens with two attached hydrogens (primary N) is 1. The molecule has 0 saturated carbocycles. The third-order valence-electron chi connectivity index (χ3n) is 2.73. The van der Waals surface area contributed by atoms with Gasteiger partial charge in [0.05, 0.1) is 12.7 Å². The molecule has 2 aromatic carbocycles. The Kier molecular flexibility index (Phi) is 4.20. The third-order valence-corrected chi connectivity index (χ3v) is 2.73. The summed E-state index contributed by atoms with van der Waals surface area (Å²) in [5.41, 5.74) is 7.07. The van der Waals surface area contributed by atoms with Gasteiger partial charge in [0.15, 0.2) is 11.6 Å². The summed E-state index contributed by atoms with van der Waals surface area (Å²) in [6.07, 6.45) is 0. The minimum absolute atomic E-state index is 0.135. The molecule has 2 aromatic rings. The highest BCUT2D eigenvalue weighted by atomic mass is 19.1. The molecule has 0 fully saturated rings. The highest BCUT2D eigenvalue weighted by Gasteiger charge is 2.06. The number of carbonyl (C=O) groups excluding carboxylic acids is 1. The first kappa shape index (κ1) is 13.9. The molecule has 0 saturated heterocycles. The van der Waals surface area contributed by atoms with Gasteiger partial charge < -0.3 is 15.2 Å². The van der Waals surface area contributed by atoms with Gasteiger partial charge in [0.25, 0.3) is 0 Å². The van der Waals surface area contributed by atoms with E-state index in [2.05, 4.69) is 4.74 Å². The van der Waals surface area contributed by atoms with Gasteiger partial charge in [-0.1, -0.05) is 12.1 Å². The van der Waals surface area contributed by atoms with E-state index in [9.17, 15) is 9.18 Å². The molecule has 0 aromatic heterocycles. The largest absolute Gasteiger partial charge is 0.486 e. The average Bonchev–Trinajstić information content (AvgIpc) is 2.46. The van der Waals surface area contributed by atoms with Crippen molar-refractivity contribution in [2.75, 3.05) is 12.8 Å². The second-order valence-corrected chi connectivity index (χ2v) is 4.17. The van der Waals surface area contributed by atoms with Gasteiger partial charge in [0, 0.05) is 11.8 Å². The molecule has 0 atom stereocenters. The Labute approximate surface area is 115 Å². The standard InChI is InChI=1S/C15H14FNO3/c1-19-15(18)11-4-2-10(3-5-11)9-20-14-7-6-12(17)8-13(14)16/h2-8H,9,17H2,1H3. The predicted molar refractivity (Wildman–Crippen MR) is 72.9 cm³/mol. The average molecular weight is 275 g/mol. The Morgan fingerprint density at radius 1 is 1.20 bits per heavy atom. The Balaban J connectivity index is 2.02. The van der Waals surface area contributed by atoms with E-state index >= 15 is 0 Å². The summed E-state index contributed by atoms with van der Waals surface area (Å²) in [4.78, 5) is 11.3. The van der Waals surface area contributed by atoms with Gasteiger partial charge in [-0.05, 0) is 29.8 Å². The predicted octanol–water partition coefficient (Wildman–Crippen LogP) is 2.77. The van der Waals surface area contributed by atoms with Crippen molar-refractivity contribution in [3.63, 3.8) is 0 Å². The first-order valence-corrected chi connectivity index (χ1v) is 5.95. The van der Waals surface area contributed by atoms with Crippen molar-refractivity contribution in [3.8, 4) is 5.75 Å². The number of halogens is 1. The van der Waals surface area contributed by atoms with Crippen LogP contribution in [0.2, 0.25) is 0 Å². The van der Waals surface area contributed by atoms with Crippen LogP contribution in [0.4, 0.5) is 10.1 Å². The number of nitrogen functional groups attached to an aromatic ring is 1. The second-order valence-electron chi connectivity index (χ2n) is 4.17. The van der Waals surface area contributed by atoms with Crippen molar-refractivity contribution < 1.29 is 18.7 Å². The molecule has 104 valence electrons. The molecule has 2 N–H and O–H groups in total. The SMILES string of the molecule is COC(=O)c1ccc(COc2ccc(N)cc2F)cc1. The van der Waals surface area contributed by atoms with Crippen molar-refractivity contribution >= 4 is 11.7 Å². The Morgan fingerprint density at radius 3 is 2.50 bits per heavy atom. The monoisotopic (exact) mass is 275 g/mol. The molecule has 5 heteroatoms. The maximum atomic E-state index is 13.5. The maximum Gasteiger partial charge on any atom is 0.337 e. The zero-order chi connectivity index (χ0) is 14.5. The minimum Gasteiger partial charge on any atom is -0.486 e. The van der Waals surface area contributed by atoms with E-state index in [1.54, 1.807) is 30.3 Å². The second kappa shape index (κ2) is 6.06. The van der Waals surface area contributed by atoms with Gasteiger partial charge >= 0.3 is 5.97 Å². The van der Waals surface area contributed by atoms with Crippen molar-refractivity contribution in [2.45, 2.75) is 6.61 Å². The van der Waals surface area contributed by atoms with Gasteiger partial charge in [-0.15, -0.1) is 0 Å². The number of hydrogen-bond donors (Lipinski definition) is 1. The van der Waals surface area contributed by atoms with Gasteiger partial charge in [-0.3, -0.25) is 0 Å². The smallest absolute Gasteiger partial charge is 0.337 e. The van der Waals surface area contributed by atoms with E-state index in [0.717, 1.165) is 5.56 Å². The van der Waals surface area contributed by atoms with Crippen LogP contribution in [-0.2, 0) is 11.3 Å². The van der Waals surface area contributed by atoms with Crippen LogP contribution < -0.4 is 10.5 Å². The summed E-state index contributed by atoms with van der Waals surface area (Å²) in [6.45, 7) is 0.197. The Morgan fingerprint density at radius 2 is 1.90 bits per heavy atom.